The summed E-state index contributed by atoms with van der Waals surface area (Å²) >= 11 is 6.44. The van der Waals surface area contributed by atoms with Crippen molar-refractivity contribution in [3.63, 3.8) is 0 Å². The molecule has 0 spiro atoms. The molecule has 4 aliphatic rings. The maximum Gasteiger partial charge on any atom is 0.313 e. The number of amides is 3. The molecular weight excluding hydrogens is 652 g/mol. The van der Waals surface area contributed by atoms with Crippen molar-refractivity contribution < 1.29 is 28.0 Å². The van der Waals surface area contributed by atoms with Gasteiger partial charge < -0.3 is 38.3 Å². The summed E-state index contributed by atoms with van der Waals surface area (Å²) < 4.78 is 35.6. The van der Waals surface area contributed by atoms with E-state index >= 15 is 0 Å². The number of ether oxygens (including phenoxy) is 3. The van der Waals surface area contributed by atoms with Gasteiger partial charge in [-0.2, -0.15) is 10.6 Å². The number of aryl methyl sites for hydroxylation is 1. The molecule has 7 atom stereocenters. The maximum absolute atomic E-state index is 13.8. The summed E-state index contributed by atoms with van der Waals surface area (Å²) in [7, 11) is 1.29. The monoisotopic (exact) mass is 697 g/mol. The lowest BCUT2D eigenvalue weighted by Gasteiger charge is -2.43. The van der Waals surface area contributed by atoms with Gasteiger partial charge in [-0.25, -0.2) is 4.79 Å². The zero-order chi connectivity index (χ0) is 33.8. The van der Waals surface area contributed by atoms with E-state index in [0.717, 1.165) is 55.8 Å². The van der Waals surface area contributed by atoms with Crippen LogP contribution in [0.4, 0.5) is 10.5 Å². The number of allylic oxidation sites excluding steroid dienone is 1. The Morgan fingerprint density at radius 1 is 1.08 bits per heavy atom. The van der Waals surface area contributed by atoms with Gasteiger partial charge in [0.2, 0.25) is 0 Å². The Kier molecular flexibility index (Phi) is 11.3. The zero-order valence-electron chi connectivity index (χ0n) is 27.9. The topological polar surface area (TPSA) is 119 Å². The lowest BCUT2D eigenvalue weighted by Crippen LogP contribution is -2.47. The van der Waals surface area contributed by atoms with Crippen LogP contribution >= 0.6 is 11.6 Å². The average Bonchev–Trinajstić information content (AvgIpc) is 3.82. The molecule has 48 heavy (non-hydrogen) atoms. The quantitative estimate of drug-likeness (QED) is 0.281. The number of rotatable bonds is 4. The first-order valence-electron chi connectivity index (χ1n) is 17.0. The van der Waals surface area contributed by atoms with Crippen LogP contribution in [0.15, 0.2) is 52.9 Å². The van der Waals surface area contributed by atoms with Crippen molar-refractivity contribution in [1.29, 1.82) is 0 Å². The van der Waals surface area contributed by atoms with Crippen LogP contribution in [0.25, 0.3) is 0 Å². The van der Waals surface area contributed by atoms with Crippen LogP contribution < -0.4 is 20.3 Å². The number of halogens is 1. The van der Waals surface area contributed by atoms with Crippen molar-refractivity contribution in [2.45, 2.75) is 82.0 Å². The minimum Gasteiger partial charge on any atom is -0.491 e. The van der Waals surface area contributed by atoms with Gasteiger partial charge in [-0.3, -0.25) is 4.79 Å². The van der Waals surface area contributed by atoms with Crippen molar-refractivity contribution in [2.24, 2.45) is 22.1 Å². The van der Waals surface area contributed by atoms with E-state index in [2.05, 4.69) is 38.1 Å². The third-order valence-corrected chi connectivity index (χ3v) is 11.8. The molecule has 2 bridgehead atoms. The van der Waals surface area contributed by atoms with Crippen molar-refractivity contribution in [3.8, 4) is 5.75 Å². The second-order valence-corrected chi connectivity index (χ2v) is 15.1. The molecule has 2 fully saturated rings. The van der Waals surface area contributed by atoms with Crippen molar-refractivity contribution >= 4 is 39.8 Å². The normalized spacial score (nSPS) is 30.2. The number of urea groups is 1. The molecule has 2 N–H and O–H groups in total. The summed E-state index contributed by atoms with van der Waals surface area (Å²) in [6.45, 7) is 3.81. The first-order valence-corrected chi connectivity index (χ1v) is 18.5. The SMILES string of the molecule is CO[C@H]1/C=C/C[C@H](C)C(NC(=O)N[C@H]2C[C@@H]2OC)[S-](=O)=NC(=O)c2ccc3c(c2)N(Cc2ccc(Cl)cc2CCCCO3)C[C@@H]2CC[C@H]21. The van der Waals surface area contributed by atoms with Crippen molar-refractivity contribution in [2.75, 3.05) is 32.3 Å². The van der Waals surface area contributed by atoms with Crippen LogP contribution in [0.2, 0.25) is 5.02 Å². The molecule has 2 saturated carbocycles. The second kappa shape index (κ2) is 15.6. The number of nitrogens with one attached hydrogen (secondary N) is 2. The highest BCUT2D eigenvalue weighted by Gasteiger charge is 2.39. The van der Waals surface area contributed by atoms with Gasteiger partial charge in [-0.05, 0) is 110 Å². The predicted octanol–water partition coefficient (Wildman–Crippen LogP) is 6.40. The Morgan fingerprint density at radius 2 is 1.94 bits per heavy atom. The molecule has 2 aliphatic heterocycles. The molecule has 0 saturated heterocycles. The predicted molar refractivity (Wildman–Crippen MR) is 187 cm³/mol. The zero-order valence-corrected chi connectivity index (χ0v) is 29.4. The van der Waals surface area contributed by atoms with E-state index in [4.69, 9.17) is 25.8 Å². The molecular formula is C36H46ClN4O6S-. The molecule has 0 radical (unpaired) electrons. The van der Waals surface area contributed by atoms with Gasteiger partial charge >= 0.3 is 6.03 Å². The number of hydrogen-bond acceptors (Lipinski definition) is 8. The number of anilines is 1. The van der Waals surface area contributed by atoms with E-state index in [9.17, 15) is 13.8 Å². The number of nitrogens with zero attached hydrogens (tertiary/aromatic N) is 2. The largest absolute Gasteiger partial charge is 0.491 e. The highest BCUT2D eigenvalue weighted by molar-refractivity contribution is 7.75. The number of benzene rings is 2. The van der Waals surface area contributed by atoms with Crippen LogP contribution in [-0.2, 0) is 37.2 Å². The minimum absolute atomic E-state index is 0.0310. The summed E-state index contributed by atoms with van der Waals surface area (Å²) in [6, 6.07) is 10.9. The summed E-state index contributed by atoms with van der Waals surface area (Å²) in [6.07, 6.45) is 10.1. The van der Waals surface area contributed by atoms with Gasteiger partial charge in [-0.1, -0.05) is 36.7 Å². The lowest BCUT2D eigenvalue weighted by molar-refractivity contribution is 0.0133. The van der Waals surface area contributed by atoms with E-state index in [1.54, 1.807) is 20.3 Å². The molecule has 0 aromatic heterocycles. The molecule has 6 rings (SSSR count). The first kappa shape index (κ1) is 34.7. The van der Waals surface area contributed by atoms with Gasteiger partial charge in [0.15, 0.2) is 0 Å². The molecule has 3 amide bonds. The van der Waals surface area contributed by atoms with E-state index in [1.807, 2.05) is 31.2 Å². The van der Waals surface area contributed by atoms with Gasteiger partial charge in [0.1, 0.15) is 5.75 Å². The molecule has 260 valence electrons. The number of hydrogen-bond donors (Lipinski definition) is 2. The summed E-state index contributed by atoms with van der Waals surface area (Å²) in [5, 5.41) is 5.54. The Balaban J connectivity index is 1.38. The van der Waals surface area contributed by atoms with Crippen molar-refractivity contribution in [3.05, 3.63) is 70.3 Å². The van der Waals surface area contributed by atoms with Gasteiger partial charge in [0.25, 0.3) is 5.91 Å². The van der Waals surface area contributed by atoms with Gasteiger partial charge in [-0.15, -0.1) is 0 Å². The highest BCUT2D eigenvalue weighted by atomic mass is 35.5. The Labute approximate surface area is 290 Å². The standard InChI is InChI=1S/C36H46ClN4O6S/c1-22-7-6-9-31(45-2)28-14-11-26(28)21-41-20-25-10-13-27(37)17-23(25)8-4-5-16-47-32-15-12-24(18-30(32)41)34(42)40-48(44)35(22)39-36(43)38-29-19-33(29)46-3/h6,9-10,12-13,15,17-18,22,26,28-29,31,33,35H,4-5,7-8,11,14,16,19-21H2,1-3H3,(H2,38,39,43)/q-1/b9-6+/t22-,26-,28+,29-,31-,33-,35?/m0/s1. The van der Waals surface area contributed by atoms with Crippen LogP contribution in [0.3, 0.4) is 0 Å². The second-order valence-electron chi connectivity index (χ2n) is 13.5. The van der Waals surface area contributed by atoms with Crippen LogP contribution in [0, 0.1) is 17.8 Å². The van der Waals surface area contributed by atoms with Crippen LogP contribution in [0.5, 0.6) is 5.75 Å². The number of carbonyl (C=O) groups excluding carboxylic acids is 2. The number of fused-ring (bicyclic) bond motifs is 3. The molecule has 2 aliphatic carbocycles. The first-order chi connectivity index (χ1) is 23.2. The highest BCUT2D eigenvalue weighted by Crippen LogP contribution is 2.42. The smallest absolute Gasteiger partial charge is 0.313 e. The fourth-order valence-electron chi connectivity index (χ4n) is 7.04. The third-order valence-electron chi connectivity index (χ3n) is 10.2. The molecule has 2 heterocycles. The number of carbonyl (C=O) groups is 2. The maximum atomic E-state index is 13.8. The summed E-state index contributed by atoms with van der Waals surface area (Å²) in [5.41, 5.74) is 3.51. The fourth-order valence-corrected chi connectivity index (χ4v) is 8.34. The van der Waals surface area contributed by atoms with Crippen LogP contribution in [0.1, 0.15) is 66.9 Å². The molecule has 1 unspecified atom stereocenters. The molecule has 2 aromatic rings. The Morgan fingerprint density at radius 3 is 2.69 bits per heavy atom. The van der Waals surface area contributed by atoms with E-state index in [-0.39, 0.29) is 24.2 Å². The van der Waals surface area contributed by atoms with E-state index in [1.165, 1.54) is 11.1 Å². The van der Waals surface area contributed by atoms with E-state index < -0.39 is 27.9 Å². The lowest BCUT2D eigenvalue weighted by atomic mass is 9.70. The molecule has 10 nitrogen and oxygen atoms in total. The Hall–Kier alpha value is -3.12. The average molecular weight is 698 g/mol. The molecule has 2 aromatic carbocycles. The minimum atomic E-state index is -2.06. The van der Waals surface area contributed by atoms with Gasteiger partial charge in [0, 0.05) is 37.9 Å². The Bertz CT molecular complexity index is 1610. The fraction of sp³-hybridized carbons (Fsp3) is 0.556. The molecule has 12 heteroatoms. The third kappa shape index (κ3) is 8.18. The summed E-state index contributed by atoms with van der Waals surface area (Å²) in [5.74, 6) is 0.468. The summed E-state index contributed by atoms with van der Waals surface area (Å²) in [4.78, 5) is 28.9. The van der Waals surface area contributed by atoms with Gasteiger partial charge in [0.05, 0.1) is 30.5 Å². The number of methoxy groups -OCH3 is 2. The van der Waals surface area contributed by atoms with Crippen LogP contribution in [-0.4, -0.2) is 62.9 Å². The van der Waals surface area contributed by atoms with E-state index in [0.29, 0.717) is 42.7 Å². The van der Waals surface area contributed by atoms with Crippen molar-refractivity contribution in [1.82, 2.24) is 10.6 Å².